The summed E-state index contributed by atoms with van der Waals surface area (Å²) in [6.45, 7) is 5.98. The van der Waals surface area contributed by atoms with Crippen LogP contribution in [0.3, 0.4) is 0 Å². The molecule has 0 fully saturated rings. The first-order valence-electron chi connectivity index (χ1n) is 22.0. The second kappa shape index (κ2) is 17.5. The third kappa shape index (κ3) is 8.83. The van der Waals surface area contributed by atoms with Crippen LogP contribution in [0.1, 0.15) is 92.8 Å². The van der Waals surface area contributed by atoms with Crippen LogP contribution < -0.4 is 29.3 Å². The highest BCUT2D eigenvalue weighted by atomic mass is 32.2. The second-order valence-electron chi connectivity index (χ2n) is 18.1. The number of carbonyl (C=O) groups excluding carboxylic acids is 3. The number of methoxy groups -OCH3 is 1. The van der Waals surface area contributed by atoms with Crippen molar-refractivity contribution in [1.29, 1.82) is 0 Å². The number of nitrogens with zero attached hydrogens (tertiary/aromatic N) is 2. The first-order valence-corrected chi connectivity index (χ1v) is 23.9. The molecule has 0 bridgehead atoms. The van der Waals surface area contributed by atoms with Crippen LogP contribution in [-0.4, -0.2) is 62.4 Å². The van der Waals surface area contributed by atoms with Crippen molar-refractivity contribution >= 4 is 57.5 Å². The Bertz CT molecular complexity index is 2840. The van der Waals surface area contributed by atoms with Gasteiger partial charge in [0, 0.05) is 45.4 Å². The summed E-state index contributed by atoms with van der Waals surface area (Å²) in [7, 11) is -1.34. The molecule has 14 heteroatoms. The molecule has 0 saturated heterocycles. The van der Waals surface area contributed by atoms with Crippen LogP contribution in [0, 0.1) is 6.92 Å². The molecule has 3 atom stereocenters. The molecular formula is C51H53N3O9S2. The van der Waals surface area contributed by atoms with E-state index >= 15 is 0 Å². The van der Waals surface area contributed by atoms with Crippen molar-refractivity contribution in [1.82, 2.24) is 0 Å². The summed E-state index contributed by atoms with van der Waals surface area (Å²) in [5.74, 6) is 0.951. The summed E-state index contributed by atoms with van der Waals surface area (Å²) in [6.07, 6.45) is 3.64. The minimum Gasteiger partial charge on any atom is -0.493 e. The maximum atomic E-state index is 14.3. The van der Waals surface area contributed by atoms with Gasteiger partial charge in [-0.3, -0.25) is 18.6 Å². The van der Waals surface area contributed by atoms with E-state index in [0.717, 1.165) is 47.9 Å². The predicted molar refractivity (Wildman–Crippen MR) is 253 cm³/mol. The molecule has 4 aliphatic rings. The molecule has 4 heterocycles. The first-order chi connectivity index (χ1) is 31.1. The summed E-state index contributed by atoms with van der Waals surface area (Å²) in [4.78, 5) is 45.1. The van der Waals surface area contributed by atoms with Gasteiger partial charge in [-0.25, -0.2) is 0 Å². The summed E-state index contributed by atoms with van der Waals surface area (Å²) in [5, 5.41) is 2.04. The average molecular weight is 916 g/mol. The van der Waals surface area contributed by atoms with Crippen LogP contribution in [0.4, 0.5) is 17.1 Å². The van der Waals surface area contributed by atoms with Crippen LogP contribution in [0.25, 0.3) is 0 Å². The molecule has 4 aliphatic heterocycles. The number of para-hydroxylation sites is 2. The highest BCUT2D eigenvalue weighted by Crippen LogP contribution is 2.43. The molecule has 12 nitrogen and oxygen atoms in total. The molecule has 3 amide bonds. The van der Waals surface area contributed by atoms with Gasteiger partial charge in [-0.15, -0.1) is 0 Å². The number of amides is 3. The van der Waals surface area contributed by atoms with E-state index in [1.165, 1.54) is 5.56 Å². The maximum absolute atomic E-state index is 14.3. The van der Waals surface area contributed by atoms with Crippen LogP contribution in [0.2, 0.25) is 0 Å². The van der Waals surface area contributed by atoms with E-state index in [-0.39, 0.29) is 54.6 Å². The molecule has 0 radical (unpaired) electrons. The molecule has 9 rings (SSSR count). The van der Waals surface area contributed by atoms with Gasteiger partial charge in [0.1, 0.15) is 24.2 Å². The number of thiol groups is 1. The number of anilines is 3. The molecule has 0 saturated carbocycles. The Kier molecular flexibility index (Phi) is 12.0. The molecule has 1 unspecified atom stereocenters. The minimum atomic E-state index is -4.05. The average Bonchev–Trinajstić information content (AvgIpc) is 3.79. The van der Waals surface area contributed by atoms with Gasteiger partial charge in [-0.1, -0.05) is 50.2 Å². The van der Waals surface area contributed by atoms with Gasteiger partial charge in [-0.05, 0) is 139 Å². The maximum Gasteiger partial charge on any atom is 0.272 e. The molecule has 5 aromatic carbocycles. The summed E-state index contributed by atoms with van der Waals surface area (Å²) >= 11 is 4.60. The molecule has 338 valence electrons. The standard InChI is InChI=1S/C51H53N3O9S2/c1-30-18-39-36(26-47(65(58,59)61-5)43-23-35-11-7-9-13-42(35)54(43)50(39)57)25-44(30)62-28-31-19-32(21-37(20-31)52-48(55)16-17-51(2,3)64)29-63-46-24-33-14-15-38-22-34-10-6-8-12-41(34)53(38)49(56)40(33)27-45(46)60-4/h6-13,18-21,24-25,27,38,43,47,64H,14-17,22-23,26,28-29H2,1-5H3,(H,52,55)/t38-,43+,47?/m1/s1. The third-order valence-corrected chi connectivity index (χ3v) is 15.0. The monoisotopic (exact) mass is 915 g/mol. The lowest BCUT2D eigenvalue weighted by atomic mass is 9.97. The SMILES string of the molecule is COc1cc2c(cc1OCc1cc(COc3cc4c(cc3C)C(=O)N3c5ccccc5C[C@H]3C(S(=O)(=O)OC)C4)cc(NC(=O)CCC(C)(C)S)c1)CC[C@@H]1Cc3ccccc3N1C2=O. The van der Waals surface area contributed by atoms with Crippen molar-refractivity contribution < 1.29 is 41.2 Å². The topological polar surface area (TPSA) is 141 Å². The number of fused-ring (bicyclic) bond motifs is 8. The molecule has 1 N–H and O–H groups in total. The summed E-state index contributed by atoms with van der Waals surface area (Å²) in [6, 6.07) is 27.9. The van der Waals surface area contributed by atoms with Crippen molar-refractivity contribution in [2.45, 2.75) is 101 Å². The van der Waals surface area contributed by atoms with E-state index in [4.69, 9.17) is 18.4 Å². The number of nitrogens with one attached hydrogen (secondary N) is 1. The van der Waals surface area contributed by atoms with Crippen molar-refractivity contribution in [2.24, 2.45) is 0 Å². The van der Waals surface area contributed by atoms with E-state index in [1.54, 1.807) is 30.2 Å². The molecular weight excluding hydrogens is 863 g/mol. The van der Waals surface area contributed by atoms with E-state index < -0.39 is 21.4 Å². The zero-order valence-corrected chi connectivity index (χ0v) is 38.9. The number of hydrogen-bond acceptors (Lipinski definition) is 10. The Morgan fingerprint density at radius 1 is 0.754 bits per heavy atom. The first kappa shape index (κ1) is 44.4. The van der Waals surface area contributed by atoms with Crippen LogP contribution in [0.15, 0.2) is 91.0 Å². The molecule has 65 heavy (non-hydrogen) atoms. The number of hydrogen-bond donors (Lipinski definition) is 2. The van der Waals surface area contributed by atoms with Gasteiger partial charge < -0.3 is 29.3 Å². The fourth-order valence-electron chi connectivity index (χ4n) is 9.79. The molecule has 0 spiro atoms. The van der Waals surface area contributed by atoms with Crippen molar-refractivity contribution in [3.05, 3.63) is 141 Å². The molecule has 5 aromatic rings. The second-order valence-corrected chi connectivity index (χ2v) is 21.2. The fourth-order valence-corrected chi connectivity index (χ4v) is 11.1. The Morgan fingerprint density at radius 2 is 1.37 bits per heavy atom. The van der Waals surface area contributed by atoms with Gasteiger partial charge in [0.15, 0.2) is 11.5 Å². The summed E-state index contributed by atoms with van der Waals surface area (Å²) < 4.78 is 50.5. The van der Waals surface area contributed by atoms with Gasteiger partial charge in [0.2, 0.25) is 5.91 Å². The van der Waals surface area contributed by atoms with Crippen LogP contribution in [0.5, 0.6) is 17.2 Å². The smallest absolute Gasteiger partial charge is 0.272 e. The highest BCUT2D eigenvalue weighted by Gasteiger charge is 2.47. The third-order valence-electron chi connectivity index (χ3n) is 13.1. The van der Waals surface area contributed by atoms with Crippen molar-refractivity contribution in [2.75, 3.05) is 29.3 Å². The summed E-state index contributed by atoms with van der Waals surface area (Å²) in [5.41, 5.74) is 8.97. The predicted octanol–water partition coefficient (Wildman–Crippen LogP) is 8.58. The van der Waals surface area contributed by atoms with Gasteiger partial charge in [-0.2, -0.15) is 21.0 Å². The largest absolute Gasteiger partial charge is 0.493 e. The van der Waals surface area contributed by atoms with E-state index in [2.05, 4.69) is 24.0 Å². The Balaban J connectivity index is 0.985. The molecule has 0 aromatic heterocycles. The highest BCUT2D eigenvalue weighted by molar-refractivity contribution is 7.87. The van der Waals surface area contributed by atoms with Gasteiger partial charge in [0.05, 0.1) is 20.3 Å². The minimum absolute atomic E-state index is 0.0473. The Hall–Kier alpha value is -5.83. The normalized spacial score (nSPS) is 18.6. The lowest BCUT2D eigenvalue weighted by Crippen LogP contribution is -2.47. The number of carbonyl (C=O) groups is 3. The van der Waals surface area contributed by atoms with Crippen molar-refractivity contribution in [3.63, 3.8) is 0 Å². The number of aryl methyl sites for hydroxylation is 2. The van der Waals surface area contributed by atoms with E-state index in [1.807, 2.05) is 92.4 Å². The van der Waals surface area contributed by atoms with E-state index in [0.29, 0.717) is 70.1 Å². The number of benzene rings is 5. The van der Waals surface area contributed by atoms with Gasteiger partial charge >= 0.3 is 0 Å². The Morgan fingerprint density at radius 3 is 2.05 bits per heavy atom. The van der Waals surface area contributed by atoms with E-state index in [9.17, 15) is 22.8 Å². The fraction of sp³-hybridized carbons (Fsp3) is 0.353. The molecule has 0 aliphatic carbocycles. The zero-order valence-electron chi connectivity index (χ0n) is 37.2. The van der Waals surface area contributed by atoms with Crippen LogP contribution >= 0.6 is 12.6 Å². The lowest BCUT2D eigenvalue weighted by Gasteiger charge is -2.28. The van der Waals surface area contributed by atoms with Gasteiger partial charge in [0.25, 0.3) is 21.9 Å². The van der Waals surface area contributed by atoms with Crippen molar-refractivity contribution in [3.8, 4) is 17.2 Å². The number of ether oxygens (including phenoxy) is 3. The Labute approximate surface area is 385 Å². The zero-order chi connectivity index (χ0) is 45.8. The van der Waals surface area contributed by atoms with Crippen LogP contribution in [-0.2, 0) is 58.0 Å². The quantitative estimate of drug-likeness (QED) is 0.0878. The number of rotatable bonds is 13. The lowest BCUT2D eigenvalue weighted by molar-refractivity contribution is -0.116.